The fraction of sp³-hybridized carbons (Fsp3) is 0.250. The van der Waals surface area contributed by atoms with Gasteiger partial charge in [0.15, 0.2) is 0 Å². The van der Waals surface area contributed by atoms with Crippen LogP contribution in [0.3, 0.4) is 0 Å². The molecular weight excluding hydrogens is 272 g/mol. The Kier molecular flexibility index (Phi) is 5.13. The summed E-state index contributed by atoms with van der Waals surface area (Å²) in [5, 5.41) is 0. The third-order valence-corrected chi connectivity index (χ3v) is 3.19. The monoisotopic (exact) mass is 288 g/mol. The highest BCUT2D eigenvalue weighted by atomic mass is 35.5. The van der Waals surface area contributed by atoms with Crippen LogP contribution in [0.25, 0.3) is 0 Å². The maximum absolute atomic E-state index is 12.5. The van der Waals surface area contributed by atoms with Crippen LogP contribution >= 0.6 is 11.6 Å². The molecule has 104 valence electrons. The van der Waals surface area contributed by atoms with Gasteiger partial charge in [0, 0.05) is 30.9 Å². The molecule has 0 N–H and O–H groups in total. The molecule has 4 heteroatoms. The summed E-state index contributed by atoms with van der Waals surface area (Å²) >= 11 is 5.81. The summed E-state index contributed by atoms with van der Waals surface area (Å²) < 4.78 is 0. The van der Waals surface area contributed by atoms with Crippen LogP contribution < -0.4 is 0 Å². The summed E-state index contributed by atoms with van der Waals surface area (Å²) in [5.74, 6) is 0.375. The molecule has 0 unspecified atom stereocenters. The standard InChI is InChI=1S/C16H17ClN2O/c1-13-7-8-15(11-18-13)16(20)19(10-9-17)12-14-5-3-2-4-6-14/h2-8,11H,9-10,12H2,1H3. The highest BCUT2D eigenvalue weighted by Crippen LogP contribution is 2.10. The van der Waals surface area contributed by atoms with Gasteiger partial charge in [-0.05, 0) is 24.6 Å². The van der Waals surface area contributed by atoms with Crippen molar-refractivity contribution in [3.05, 3.63) is 65.5 Å². The Labute approximate surface area is 124 Å². The molecule has 2 aromatic rings. The van der Waals surface area contributed by atoms with E-state index < -0.39 is 0 Å². The van der Waals surface area contributed by atoms with Crippen LogP contribution in [0.1, 0.15) is 21.6 Å². The summed E-state index contributed by atoms with van der Waals surface area (Å²) in [4.78, 5) is 18.4. The Morgan fingerprint density at radius 2 is 1.95 bits per heavy atom. The van der Waals surface area contributed by atoms with E-state index in [0.29, 0.717) is 24.5 Å². The van der Waals surface area contributed by atoms with E-state index in [1.54, 1.807) is 17.2 Å². The van der Waals surface area contributed by atoms with Crippen LogP contribution in [0.5, 0.6) is 0 Å². The number of nitrogens with zero attached hydrogens (tertiary/aromatic N) is 2. The summed E-state index contributed by atoms with van der Waals surface area (Å²) in [5.41, 5.74) is 2.58. The zero-order chi connectivity index (χ0) is 14.4. The van der Waals surface area contributed by atoms with Crippen LogP contribution in [-0.4, -0.2) is 28.2 Å². The molecule has 0 aliphatic heterocycles. The maximum atomic E-state index is 12.5. The summed E-state index contributed by atoms with van der Waals surface area (Å²) in [6, 6.07) is 13.5. The van der Waals surface area contributed by atoms with Crippen molar-refractivity contribution < 1.29 is 4.79 Å². The van der Waals surface area contributed by atoms with Crippen molar-refractivity contribution in [2.45, 2.75) is 13.5 Å². The van der Waals surface area contributed by atoms with E-state index in [2.05, 4.69) is 4.98 Å². The number of benzene rings is 1. The van der Waals surface area contributed by atoms with Gasteiger partial charge in [0.1, 0.15) is 0 Å². The van der Waals surface area contributed by atoms with E-state index in [1.165, 1.54) is 0 Å². The summed E-state index contributed by atoms with van der Waals surface area (Å²) in [6.45, 7) is 2.97. The number of hydrogen-bond acceptors (Lipinski definition) is 2. The van der Waals surface area contributed by atoms with Crippen LogP contribution in [0.4, 0.5) is 0 Å². The molecule has 0 aliphatic carbocycles. The molecule has 0 fully saturated rings. The molecule has 0 radical (unpaired) electrons. The third kappa shape index (κ3) is 3.81. The lowest BCUT2D eigenvalue weighted by molar-refractivity contribution is 0.0753. The molecule has 1 amide bonds. The first-order valence-corrected chi connectivity index (χ1v) is 7.06. The van der Waals surface area contributed by atoms with Gasteiger partial charge in [-0.1, -0.05) is 30.3 Å². The molecular formula is C16H17ClN2O. The minimum atomic E-state index is -0.0398. The van der Waals surface area contributed by atoms with Gasteiger partial charge < -0.3 is 4.90 Å². The lowest BCUT2D eigenvalue weighted by Crippen LogP contribution is -2.32. The first kappa shape index (κ1) is 14.5. The molecule has 20 heavy (non-hydrogen) atoms. The molecule has 0 atom stereocenters. The average Bonchev–Trinajstić information content (AvgIpc) is 2.48. The largest absolute Gasteiger partial charge is 0.333 e. The highest BCUT2D eigenvalue weighted by molar-refractivity contribution is 6.18. The van der Waals surface area contributed by atoms with Gasteiger partial charge in [0.2, 0.25) is 0 Å². The van der Waals surface area contributed by atoms with Gasteiger partial charge in [-0.2, -0.15) is 0 Å². The quantitative estimate of drug-likeness (QED) is 0.791. The molecule has 0 saturated carbocycles. The van der Waals surface area contributed by atoms with E-state index >= 15 is 0 Å². The molecule has 1 aromatic heterocycles. The van der Waals surface area contributed by atoms with Gasteiger partial charge in [0.25, 0.3) is 5.91 Å². The number of halogens is 1. The molecule has 2 rings (SSSR count). The zero-order valence-electron chi connectivity index (χ0n) is 11.4. The predicted octanol–water partition coefficient (Wildman–Crippen LogP) is 3.27. The van der Waals surface area contributed by atoms with Crippen molar-refractivity contribution >= 4 is 17.5 Å². The van der Waals surface area contributed by atoms with Crippen LogP contribution in [-0.2, 0) is 6.54 Å². The third-order valence-electron chi connectivity index (χ3n) is 3.02. The second kappa shape index (κ2) is 7.06. The number of hydrogen-bond donors (Lipinski definition) is 0. The molecule has 1 aromatic carbocycles. The minimum absolute atomic E-state index is 0.0398. The first-order valence-electron chi connectivity index (χ1n) is 6.52. The van der Waals surface area contributed by atoms with E-state index in [-0.39, 0.29) is 5.91 Å². The van der Waals surface area contributed by atoms with E-state index in [0.717, 1.165) is 11.3 Å². The Hall–Kier alpha value is -1.87. The number of carbonyl (C=O) groups excluding carboxylic acids is 1. The second-order valence-electron chi connectivity index (χ2n) is 4.59. The molecule has 0 saturated heterocycles. The molecule has 0 aliphatic rings. The van der Waals surface area contributed by atoms with Crippen molar-refractivity contribution in [2.24, 2.45) is 0 Å². The van der Waals surface area contributed by atoms with Gasteiger partial charge in [-0.25, -0.2) is 0 Å². The summed E-state index contributed by atoms with van der Waals surface area (Å²) in [6.07, 6.45) is 1.61. The lowest BCUT2D eigenvalue weighted by atomic mass is 10.2. The van der Waals surface area contributed by atoms with Gasteiger partial charge in [-0.15, -0.1) is 11.6 Å². The number of rotatable bonds is 5. The number of carbonyl (C=O) groups is 1. The van der Waals surface area contributed by atoms with Gasteiger partial charge in [-0.3, -0.25) is 9.78 Å². The van der Waals surface area contributed by atoms with Crippen molar-refractivity contribution in [3.8, 4) is 0 Å². The summed E-state index contributed by atoms with van der Waals surface area (Å²) in [7, 11) is 0. The Balaban J connectivity index is 2.15. The Morgan fingerprint density at radius 1 is 1.20 bits per heavy atom. The van der Waals surface area contributed by atoms with Crippen molar-refractivity contribution in [3.63, 3.8) is 0 Å². The normalized spacial score (nSPS) is 10.3. The smallest absolute Gasteiger partial charge is 0.255 e. The minimum Gasteiger partial charge on any atom is -0.333 e. The zero-order valence-corrected chi connectivity index (χ0v) is 12.2. The highest BCUT2D eigenvalue weighted by Gasteiger charge is 2.15. The SMILES string of the molecule is Cc1ccc(C(=O)N(CCCl)Cc2ccccc2)cn1. The molecule has 0 spiro atoms. The number of aromatic nitrogens is 1. The van der Waals surface area contributed by atoms with Crippen molar-refractivity contribution in [1.29, 1.82) is 0 Å². The molecule has 3 nitrogen and oxygen atoms in total. The Bertz CT molecular complexity index is 554. The van der Waals surface area contributed by atoms with Crippen LogP contribution in [0.15, 0.2) is 48.7 Å². The number of pyridine rings is 1. The average molecular weight is 289 g/mol. The van der Waals surface area contributed by atoms with Crippen LogP contribution in [0.2, 0.25) is 0 Å². The van der Waals surface area contributed by atoms with E-state index in [1.807, 2.05) is 43.3 Å². The molecule has 1 heterocycles. The lowest BCUT2D eigenvalue weighted by Gasteiger charge is -2.21. The predicted molar refractivity (Wildman–Crippen MR) is 80.9 cm³/mol. The fourth-order valence-electron chi connectivity index (χ4n) is 1.94. The second-order valence-corrected chi connectivity index (χ2v) is 4.97. The number of aryl methyl sites for hydroxylation is 1. The first-order chi connectivity index (χ1) is 9.70. The maximum Gasteiger partial charge on any atom is 0.255 e. The number of amides is 1. The van der Waals surface area contributed by atoms with Crippen LogP contribution in [0, 0.1) is 6.92 Å². The van der Waals surface area contributed by atoms with E-state index in [9.17, 15) is 4.79 Å². The Morgan fingerprint density at radius 3 is 2.55 bits per heavy atom. The molecule has 0 bridgehead atoms. The van der Waals surface area contributed by atoms with E-state index in [4.69, 9.17) is 11.6 Å². The topological polar surface area (TPSA) is 33.2 Å². The van der Waals surface area contributed by atoms with Crippen molar-refractivity contribution in [1.82, 2.24) is 9.88 Å². The number of alkyl halides is 1. The van der Waals surface area contributed by atoms with Gasteiger partial charge >= 0.3 is 0 Å². The van der Waals surface area contributed by atoms with Gasteiger partial charge in [0.05, 0.1) is 5.56 Å². The van der Waals surface area contributed by atoms with Crippen molar-refractivity contribution in [2.75, 3.05) is 12.4 Å². The fourth-order valence-corrected chi connectivity index (χ4v) is 2.14.